The van der Waals surface area contributed by atoms with Crippen molar-refractivity contribution >= 4 is 23.6 Å². The van der Waals surface area contributed by atoms with Crippen molar-refractivity contribution in [3.05, 3.63) is 23.3 Å². The van der Waals surface area contributed by atoms with E-state index in [1.807, 2.05) is 6.92 Å². The number of nitrogens with one attached hydrogen (secondary N) is 1. The molecule has 42 heavy (non-hydrogen) atoms. The van der Waals surface area contributed by atoms with Crippen molar-refractivity contribution in [2.75, 3.05) is 24.5 Å². The number of anilines is 1. The van der Waals surface area contributed by atoms with Crippen LogP contribution in [0.4, 0.5) is 23.7 Å². The Labute approximate surface area is 246 Å². The number of ether oxygens (including phenoxy) is 2. The van der Waals surface area contributed by atoms with Gasteiger partial charge < -0.3 is 30.3 Å². The largest absolute Gasteiger partial charge is 0.476 e. The van der Waals surface area contributed by atoms with Crippen LogP contribution in [0.25, 0.3) is 0 Å². The van der Waals surface area contributed by atoms with Gasteiger partial charge in [-0.15, -0.1) is 0 Å². The summed E-state index contributed by atoms with van der Waals surface area (Å²) in [6, 6.07) is 1.29. The van der Waals surface area contributed by atoms with E-state index in [4.69, 9.17) is 15.2 Å². The lowest BCUT2D eigenvalue weighted by Gasteiger charge is -2.39. The highest BCUT2D eigenvalue weighted by atomic mass is 19.4. The first-order valence-corrected chi connectivity index (χ1v) is 14.5. The van der Waals surface area contributed by atoms with Crippen LogP contribution < -0.4 is 20.7 Å². The van der Waals surface area contributed by atoms with E-state index in [1.165, 1.54) is 23.6 Å². The number of fused-ring (bicyclic) bond motifs is 1. The molecule has 2 aliphatic rings. The number of hydrogen-bond donors (Lipinski definition) is 2. The van der Waals surface area contributed by atoms with Crippen LogP contribution in [0.1, 0.15) is 97.0 Å². The third-order valence-corrected chi connectivity index (χ3v) is 7.90. The summed E-state index contributed by atoms with van der Waals surface area (Å²) in [6.07, 6.45) is -2.69. The van der Waals surface area contributed by atoms with Crippen LogP contribution >= 0.6 is 0 Å². The van der Waals surface area contributed by atoms with Crippen molar-refractivity contribution in [3.8, 4) is 5.75 Å². The number of rotatable bonds is 10. The monoisotopic (exact) mass is 598 g/mol. The van der Waals surface area contributed by atoms with E-state index >= 15 is 0 Å². The van der Waals surface area contributed by atoms with E-state index in [1.54, 1.807) is 34.6 Å². The molecule has 0 bridgehead atoms. The second-order valence-corrected chi connectivity index (χ2v) is 13.0. The molecule has 2 unspecified atom stereocenters. The highest BCUT2D eigenvalue weighted by Crippen LogP contribution is 2.56. The maximum absolute atomic E-state index is 14.4. The number of alkyl halides is 3. The Kier molecular flexibility index (Phi) is 9.51. The van der Waals surface area contributed by atoms with Gasteiger partial charge in [-0.25, -0.2) is 4.79 Å². The van der Waals surface area contributed by atoms with Crippen LogP contribution in [0, 0.1) is 5.41 Å². The lowest BCUT2D eigenvalue weighted by Crippen LogP contribution is -2.54. The average molecular weight is 599 g/mol. The topological polar surface area (TPSA) is 114 Å². The number of carbonyl (C=O) groups is 3. The fourth-order valence-corrected chi connectivity index (χ4v) is 5.74. The predicted octanol–water partition coefficient (Wildman–Crippen LogP) is 5.49. The molecule has 236 valence electrons. The van der Waals surface area contributed by atoms with Crippen LogP contribution in [0.2, 0.25) is 0 Å². The number of nitrogens with two attached hydrogens (primary N) is 1. The molecule has 1 aromatic rings. The second kappa shape index (κ2) is 11.9. The minimum Gasteiger partial charge on any atom is -0.476 e. The fourth-order valence-electron chi connectivity index (χ4n) is 5.74. The number of benzene rings is 1. The minimum absolute atomic E-state index is 0.0599. The number of halogens is 3. The average Bonchev–Trinajstić information content (AvgIpc) is 3.55. The first kappa shape index (κ1) is 33.5. The van der Waals surface area contributed by atoms with Crippen LogP contribution in [0.3, 0.4) is 0 Å². The van der Waals surface area contributed by atoms with Gasteiger partial charge in [-0.05, 0) is 91.7 Å². The molecule has 0 aromatic heterocycles. The maximum Gasteiger partial charge on any atom is 0.417 e. The summed E-state index contributed by atoms with van der Waals surface area (Å²) in [6.45, 7) is 14.4. The molecule has 9 nitrogen and oxygen atoms in total. The van der Waals surface area contributed by atoms with E-state index in [2.05, 4.69) is 5.32 Å². The molecule has 2 atom stereocenters. The van der Waals surface area contributed by atoms with E-state index in [-0.39, 0.29) is 42.0 Å². The Morgan fingerprint density at radius 1 is 1.24 bits per heavy atom. The highest BCUT2D eigenvalue weighted by molar-refractivity contribution is 6.05. The number of amides is 3. The Hall–Kier alpha value is -3.02. The first-order valence-electron chi connectivity index (χ1n) is 14.5. The molecule has 0 saturated heterocycles. The number of hydrogen-bond acceptors (Lipinski definition) is 6. The minimum atomic E-state index is -4.84. The highest BCUT2D eigenvalue weighted by Gasteiger charge is 2.57. The second-order valence-electron chi connectivity index (χ2n) is 13.0. The smallest absolute Gasteiger partial charge is 0.417 e. The molecule has 1 aromatic carbocycles. The van der Waals surface area contributed by atoms with E-state index in [9.17, 15) is 27.6 Å². The molecule has 3 rings (SSSR count). The summed E-state index contributed by atoms with van der Waals surface area (Å²) in [7, 11) is 0. The van der Waals surface area contributed by atoms with Crippen LogP contribution in [-0.2, 0) is 15.7 Å². The molecule has 1 fully saturated rings. The zero-order chi connectivity index (χ0) is 31.8. The Morgan fingerprint density at radius 2 is 1.88 bits per heavy atom. The van der Waals surface area contributed by atoms with Crippen molar-refractivity contribution < 1.29 is 37.0 Å². The molecule has 1 saturated carbocycles. The van der Waals surface area contributed by atoms with Crippen LogP contribution in [0.5, 0.6) is 5.75 Å². The van der Waals surface area contributed by atoms with Crippen LogP contribution in [0.15, 0.2) is 12.1 Å². The third kappa shape index (κ3) is 7.12. The zero-order valence-corrected chi connectivity index (χ0v) is 25.9. The molecule has 12 heteroatoms. The molecule has 0 radical (unpaired) electrons. The van der Waals surface area contributed by atoms with Crippen molar-refractivity contribution in [3.63, 3.8) is 0 Å². The Bertz CT molecular complexity index is 1190. The Balaban J connectivity index is 1.91. The normalized spacial score (nSPS) is 21.5. The van der Waals surface area contributed by atoms with Gasteiger partial charge in [0.15, 0.2) is 5.60 Å². The summed E-state index contributed by atoms with van der Waals surface area (Å²) >= 11 is 0. The number of carbonyl (C=O) groups excluding carboxylic acids is 3. The summed E-state index contributed by atoms with van der Waals surface area (Å²) in [5, 5.41) is 2.74. The summed E-state index contributed by atoms with van der Waals surface area (Å²) in [4.78, 5) is 41.9. The van der Waals surface area contributed by atoms with Gasteiger partial charge in [0.25, 0.3) is 11.8 Å². The van der Waals surface area contributed by atoms with Gasteiger partial charge >= 0.3 is 12.3 Å². The van der Waals surface area contributed by atoms with E-state index < -0.39 is 46.4 Å². The van der Waals surface area contributed by atoms with Gasteiger partial charge in [0.1, 0.15) is 11.4 Å². The number of alkyl carbamates (subject to hydrolysis) is 1. The van der Waals surface area contributed by atoms with Gasteiger partial charge in [0.2, 0.25) is 0 Å². The van der Waals surface area contributed by atoms with Crippen molar-refractivity contribution in [1.29, 1.82) is 0 Å². The van der Waals surface area contributed by atoms with Crippen LogP contribution in [-0.4, -0.2) is 65.7 Å². The predicted molar refractivity (Wildman–Crippen MR) is 153 cm³/mol. The van der Waals surface area contributed by atoms with Gasteiger partial charge in [0.05, 0.1) is 16.8 Å². The zero-order valence-electron chi connectivity index (χ0n) is 25.9. The lowest BCUT2D eigenvalue weighted by molar-refractivity contribution is -0.138. The third-order valence-electron chi connectivity index (χ3n) is 7.90. The summed E-state index contributed by atoms with van der Waals surface area (Å²) < 4.78 is 54.2. The van der Waals surface area contributed by atoms with Gasteiger partial charge in [-0.2, -0.15) is 13.2 Å². The maximum atomic E-state index is 14.4. The molecule has 1 aliphatic heterocycles. The van der Waals surface area contributed by atoms with Crippen molar-refractivity contribution in [2.24, 2.45) is 11.1 Å². The molecule has 1 aliphatic carbocycles. The SMILES string of the molecule is CCC1(CCCNC(=O)OC(C)(C)C)CC1N(C(=O)c1cc2c(cc1C(F)(F)F)OC(C)(C)C(=O)N2CCN)C(C)C. The molecule has 1 heterocycles. The fraction of sp³-hybridized carbons (Fsp3) is 0.700. The molecule has 0 spiro atoms. The standard InChI is InChI=1S/C30H45F3N4O5/c1-9-29(11-10-13-35-26(40)42-27(4,5)6)17-23(29)37(18(2)3)24(38)19-15-21-22(16-20(19)30(31,32)33)41-28(7,8)25(39)36(21)14-12-34/h15-16,18,23H,9-14,17,34H2,1-8H3,(H,35,40). The van der Waals surface area contributed by atoms with Gasteiger partial charge in [0, 0.05) is 31.7 Å². The molecular formula is C30H45F3N4O5. The van der Waals surface area contributed by atoms with E-state index in [0.29, 0.717) is 25.8 Å². The van der Waals surface area contributed by atoms with E-state index in [0.717, 1.165) is 18.6 Å². The van der Waals surface area contributed by atoms with Crippen molar-refractivity contribution in [2.45, 2.75) is 111 Å². The molecule has 3 N–H and O–H groups in total. The summed E-state index contributed by atoms with van der Waals surface area (Å²) in [5.41, 5.74) is 1.88. The first-order chi connectivity index (χ1) is 19.3. The van der Waals surface area contributed by atoms with Gasteiger partial charge in [-0.1, -0.05) is 6.92 Å². The van der Waals surface area contributed by atoms with Gasteiger partial charge in [-0.3, -0.25) is 9.59 Å². The summed E-state index contributed by atoms with van der Waals surface area (Å²) in [5.74, 6) is -1.33. The quantitative estimate of drug-likeness (QED) is 0.344. The Morgan fingerprint density at radius 3 is 2.40 bits per heavy atom. The molecule has 3 amide bonds. The molecular weight excluding hydrogens is 553 g/mol. The number of nitrogens with zero attached hydrogens (tertiary/aromatic N) is 2. The lowest BCUT2D eigenvalue weighted by atomic mass is 9.94. The van der Waals surface area contributed by atoms with Crippen molar-refractivity contribution in [1.82, 2.24) is 10.2 Å².